The molecule has 0 aliphatic rings. The fourth-order valence-corrected chi connectivity index (χ4v) is 2.03. The van der Waals surface area contributed by atoms with Crippen molar-refractivity contribution in [3.63, 3.8) is 0 Å². The maximum atomic E-state index is 12.7. The molecule has 0 aliphatic carbocycles. The molecule has 21 heavy (non-hydrogen) atoms. The van der Waals surface area contributed by atoms with Crippen molar-refractivity contribution in [1.29, 1.82) is 0 Å². The quantitative estimate of drug-likeness (QED) is 0.837. The SMILES string of the molecule is CC(C)c1ccc(Cn2cc(C(F)(F)F)ccc2=O)cc1. The van der Waals surface area contributed by atoms with E-state index in [1.165, 1.54) is 0 Å². The number of nitrogens with zero attached hydrogens (tertiary/aromatic N) is 1. The Hall–Kier alpha value is -2.04. The number of rotatable bonds is 3. The molecule has 0 unspecified atom stereocenters. The highest BCUT2D eigenvalue weighted by atomic mass is 19.4. The van der Waals surface area contributed by atoms with Gasteiger partial charge in [0, 0.05) is 12.3 Å². The number of pyridine rings is 1. The Kier molecular flexibility index (Phi) is 4.21. The molecule has 0 spiro atoms. The van der Waals surface area contributed by atoms with Gasteiger partial charge < -0.3 is 4.57 Å². The highest BCUT2D eigenvalue weighted by Crippen LogP contribution is 2.28. The lowest BCUT2D eigenvalue weighted by atomic mass is 10.0. The Morgan fingerprint density at radius 3 is 2.19 bits per heavy atom. The average molecular weight is 295 g/mol. The number of benzene rings is 1. The summed E-state index contributed by atoms with van der Waals surface area (Å²) >= 11 is 0. The van der Waals surface area contributed by atoms with Crippen molar-refractivity contribution in [2.24, 2.45) is 0 Å². The minimum atomic E-state index is -4.45. The van der Waals surface area contributed by atoms with E-state index < -0.39 is 17.3 Å². The lowest BCUT2D eigenvalue weighted by Crippen LogP contribution is -2.21. The summed E-state index contributed by atoms with van der Waals surface area (Å²) in [5, 5.41) is 0. The minimum absolute atomic E-state index is 0.126. The molecule has 1 aromatic carbocycles. The summed E-state index contributed by atoms with van der Waals surface area (Å²) in [5.74, 6) is 0.385. The normalized spacial score (nSPS) is 11.9. The molecular weight excluding hydrogens is 279 g/mol. The Labute approximate surface area is 120 Å². The Balaban J connectivity index is 2.28. The van der Waals surface area contributed by atoms with Gasteiger partial charge in [0.05, 0.1) is 12.1 Å². The van der Waals surface area contributed by atoms with Crippen LogP contribution in [-0.2, 0) is 12.7 Å². The fourth-order valence-electron chi connectivity index (χ4n) is 2.03. The maximum Gasteiger partial charge on any atom is 0.417 e. The highest BCUT2D eigenvalue weighted by molar-refractivity contribution is 5.25. The summed E-state index contributed by atoms with van der Waals surface area (Å²) < 4.78 is 39.1. The molecule has 2 nitrogen and oxygen atoms in total. The zero-order valence-corrected chi connectivity index (χ0v) is 11.8. The van der Waals surface area contributed by atoms with Crippen molar-refractivity contribution < 1.29 is 13.2 Å². The predicted octanol–water partition coefficient (Wildman–Crippen LogP) is 4.04. The lowest BCUT2D eigenvalue weighted by molar-refractivity contribution is -0.138. The molecule has 112 valence electrons. The largest absolute Gasteiger partial charge is 0.417 e. The van der Waals surface area contributed by atoms with E-state index in [-0.39, 0.29) is 6.54 Å². The van der Waals surface area contributed by atoms with Crippen molar-refractivity contribution in [3.05, 3.63) is 69.6 Å². The second-order valence-electron chi connectivity index (χ2n) is 5.28. The van der Waals surface area contributed by atoms with Crippen LogP contribution in [0.1, 0.15) is 36.5 Å². The first-order chi connectivity index (χ1) is 9.77. The number of hydrogen-bond acceptors (Lipinski definition) is 1. The van der Waals surface area contributed by atoms with Gasteiger partial charge in [-0.25, -0.2) is 0 Å². The molecule has 0 atom stereocenters. The van der Waals surface area contributed by atoms with E-state index in [9.17, 15) is 18.0 Å². The monoisotopic (exact) mass is 295 g/mol. The van der Waals surface area contributed by atoms with E-state index in [4.69, 9.17) is 0 Å². The summed E-state index contributed by atoms with van der Waals surface area (Å²) in [6.07, 6.45) is -3.59. The lowest BCUT2D eigenvalue weighted by Gasteiger charge is -2.11. The van der Waals surface area contributed by atoms with Gasteiger partial charge in [-0.1, -0.05) is 38.1 Å². The summed E-state index contributed by atoms with van der Waals surface area (Å²) in [7, 11) is 0. The minimum Gasteiger partial charge on any atom is -0.311 e. The van der Waals surface area contributed by atoms with Gasteiger partial charge in [-0.15, -0.1) is 0 Å². The van der Waals surface area contributed by atoms with Gasteiger partial charge in [0.25, 0.3) is 5.56 Å². The smallest absolute Gasteiger partial charge is 0.311 e. The first-order valence-corrected chi connectivity index (χ1v) is 6.64. The average Bonchev–Trinajstić information content (AvgIpc) is 2.40. The van der Waals surface area contributed by atoms with Gasteiger partial charge >= 0.3 is 6.18 Å². The Bertz CT molecular complexity index is 669. The number of halogens is 3. The number of alkyl halides is 3. The summed E-state index contributed by atoms with van der Waals surface area (Å²) in [6, 6.07) is 9.29. The van der Waals surface area contributed by atoms with Crippen LogP contribution < -0.4 is 5.56 Å². The van der Waals surface area contributed by atoms with Gasteiger partial charge in [-0.2, -0.15) is 13.2 Å². The molecule has 1 heterocycles. The van der Waals surface area contributed by atoms with E-state index in [1.54, 1.807) is 0 Å². The van der Waals surface area contributed by atoms with Crippen LogP contribution in [0.2, 0.25) is 0 Å². The summed E-state index contributed by atoms with van der Waals surface area (Å²) in [5.41, 5.74) is 0.674. The predicted molar refractivity (Wildman–Crippen MR) is 75.3 cm³/mol. The van der Waals surface area contributed by atoms with Crippen molar-refractivity contribution in [1.82, 2.24) is 4.57 Å². The van der Waals surface area contributed by atoms with Crippen LogP contribution in [0.15, 0.2) is 47.4 Å². The van der Waals surface area contributed by atoms with Crippen LogP contribution in [0.25, 0.3) is 0 Å². The molecule has 1 aromatic heterocycles. The van der Waals surface area contributed by atoms with E-state index in [2.05, 4.69) is 13.8 Å². The fraction of sp³-hybridized carbons (Fsp3) is 0.312. The van der Waals surface area contributed by atoms with Crippen LogP contribution >= 0.6 is 0 Å². The van der Waals surface area contributed by atoms with Gasteiger partial charge in [0.1, 0.15) is 0 Å². The Morgan fingerprint density at radius 2 is 1.67 bits per heavy atom. The number of hydrogen-bond donors (Lipinski definition) is 0. The van der Waals surface area contributed by atoms with Gasteiger partial charge in [-0.3, -0.25) is 4.79 Å². The second-order valence-corrected chi connectivity index (χ2v) is 5.28. The third-order valence-corrected chi connectivity index (χ3v) is 3.31. The third-order valence-electron chi connectivity index (χ3n) is 3.31. The topological polar surface area (TPSA) is 22.0 Å². The first kappa shape index (κ1) is 15.4. The molecule has 0 radical (unpaired) electrons. The standard InChI is InChI=1S/C16H16F3NO/c1-11(2)13-5-3-12(4-6-13)9-20-10-14(16(17,18)19)7-8-15(20)21/h3-8,10-11H,9H2,1-2H3. The van der Waals surface area contributed by atoms with Crippen molar-refractivity contribution in [2.45, 2.75) is 32.5 Å². The van der Waals surface area contributed by atoms with Crippen molar-refractivity contribution >= 4 is 0 Å². The molecule has 0 N–H and O–H groups in total. The van der Waals surface area contributed by atoms with Crippen molar-refractivity contribution in [2.75, 3.05) is 0 Å². The summed E-state index contributed by atoms with van der Waals surface area (Å²) in [6.45, 7) is 4.25. The molecular formula is C16H16F3NO. The zero-order valence-electron chi connectivity index (χ0n) is 11.8. The Morgan fingerprint density at radius 1 is 1.05 bits per heavy atom. The first-order valence-electron chi connectivity index (χ1n) is 6.64. The van der Waals surface area contributed by atoms with Gasteiger partial charge in [0.15, 0.2) is 0 Å². The van der Waals surface area contributed by atoms with Crippen LogP contribution in [0.5, 0.6) is 0 Å². The summed E-state index contributed by atoms with van der Waals surface area (Å²) in [4.78, 5) is 11.7. The molecule has 5 heteroatoms. The van der Waals surface area contributed by atoms with Gasteiger partial charge in [0.2, 0.25) is 0 Å². The molecule has 0 fully saturated rings. The van der Waals surface area contributed by atoms with Crippen LogP contribution in [0, 0.1) is 0 Å². The molecule has 0 aliphatic heterocycles. The molecule has 0 amide bonds. The van der Waals surface area contributed by atoms with Crippen LogP contribution in [0.3, 0.4) is 0 Å². The molecule has 2 rings (SSSR count). The molecule has 2 aromatic rings. The van der Waals surface area contributed by atoms with E-state index in [1.807, 2.05) is 24.3 Å². The second kappa shape index (κ2) is 5.76. The van der Waals surface area contributed by atoms with E-state index in [0.717, 1.165) is 34.0 Å². The number of aromatic nitrogens is 1. The molecule has 0 bridgehead atoms. The molecule has 0 saturated carbocycles. The van der Waals surface area contributed by atoms with E-state index in [0.29, 0.717) is 5.92 Å². The van der Waals surface area contributed by atoms with Crippen molar-refractivity contribution in [3.8, 4) is 0 Å². The van der Waals surface area contributed by atoms with Crippen LogP contribution in [-0.4, -0.2) is 4.57 Å². The van der Waals surface area contributed by atoms with E-state index >= 15 is 0 Å². The van der Waals surface area contributed by atoms with Crippen LogP contribution in [0.4, 0.5) is 13.2 Å². The third kappa shape index (κ3) is 3.74. The van der Waals surface area contributed by atoms with Gasteiger partial charge in [-0.05, 0) is 23.1 Å². The molecule has 0 saturated heterocycles. The highest BCUT2D eigenvalue weighted by Gasteiger charge is 2.30. The zero-order chi connectivity index (χ0) is 15.6. The maximum absolute atomic E-state index is 12.7.